The number of rotatable bonds is 7. The maximum absolute atomic E-state index is 5.47. The lowest BCUT2D eigenvalue weighted by atomic mass is 10.1. The Bertz CT molecular complexity index is 382. The van der Waals surface area contributed by atoms with Gasteiger partial charge >= 0.3 is 0 Å². The van der Waals surface area contributed by atoms with Gasteiger partial charge in [-0.15, -0.1) is 0 Å². The van der Waals surface area contributed by atoms with Crippen LogP contribution in [0.1, 0.15) is 25.3 Å². The van der Waals surface area contributed by atoms with Crippen molar-refractivity contribution < 1.29 is 9.47 Å². The first-order chi connectivity index (χ1) is 8.79. The monoisotopic (exact) mass is 250 g/mol. The fourth-order valence-electron chi connectivity index (χ4n) is 2.03. The van der Waals surface area contributed by atoms with E-state index < -0.39 is 0 Å². The number of nitrogens with one attached hydrogen (secondary N) is 1. The molecule has 4 nitrogen and oxygen atoms in total. The molecule has 0 spiro atoms. The molecule has 2 rings (SSSR count). The number of nitrogens with two attached hydrogens (primary N) is 1. The Morgan fingerprint density at radius 1 is 1.33 bits per heavy atom. The molecule has 100 valence electrons. The molecule has 0 aliphatic carbocycles. The zero-order chi connectivity index (χ0) is 12.8. The van der Waals surface area contributed by atoms with E-state index in [-0.39, 0.29) is 0 Å². The van der Waals surface area contributed by atoms with Gasteiger partial charge in [-0.1, -0.05) is 6.07 Å². The summed E-state index contributed by atoms with van der Waals surface area (Å²) < 4.78 is 10.7. The largest absolute Gasteiger partial charge is 0.454 e. The van der Waals surface area contributed by atoms with Crippen LogP contribution in [-0.4, -0.2) is 25.9 Å². The number of hydrogen-bond donors (Lipinski definition) is 2. The van der Waals surface area contributed by atoms with Crippen molar-refractivity contribution in [1.29, 1.82) is 0 Å². The highest BCUT2D eigenvalue weighted by atomic mass is 16.7. The molecule has 4 heteroatoms. The average Bonchev–Trinajstić information content (AvgIpc) is 2.84. The molecule has 1 atom stereocenters. The van der Waals surface area contributed by atoms with Crippen LogP contribution in [-0.2, 0) is 6.42 Å². The lowest BCUT2D eigenvalue weighted by Gasteiger charge is -2.13. The zero-order valence-corrected chi connectivity index (χ0v) is 10.9. The fourth-order valence-corrected chi connectivity index (χ4v) is 2.03. The van der Waals surface area contributed by atoms with Crippen molar-refractivity contribution in [3.8, 4) is 11.5 Å². The second-order valence-corrected chi connectivity index (χ2v) is 4.72. The average molecular weight is 250 g/mol. The van der Waals surface area contributed by atoms with Gasteiger partial charge in [0.2, 0.25) is 6.79 Å². The van der Waals surface area contributed by atoms with Gasteiger partial charge in [-0.25, -0.2) is 0 Å². The van der Waals surface area contributed by atoms with Crippen molar-refractivity contribution in [2.75, 3.05) is 19.9 Å². The normalized spacial score (nSPS) is 14.8. The lowest BCUT2D eigenvalue weighted by molar-refractivity contribution is 0.174. The Hall–Kier alpha value is -1.26. The predicted octanol–water partition coefficient (Wildman–Crippen LogP) is 1.67. The summed E-state index contributed by atoms with van der Waals surface area (Å²) >= 11 is 0. The molecular weight excluding hydrogens is 228 g/mol. The highest BCUT2D eigenvalue weighted by molar-refractivity contribution is 5.44. The van der Waals surface area contributed by atoms with E-state index in [1.165, 1.54) is 5.56 Å². The lowest BCUT2D eigenvalue weighted by Crippen LogP contribution is -2.28. The van der Waals surface area contributed by atoms with Crippen LogP contribution in [0.15, 0.2) is 18.2 Å². The van der Waals surface area contributed by atoms with Crippen molar-refractivity contribution in [3.63, 3.8) is 0 Å². The van der Waals surface area contributed by atoms with Crippen molar-refractivity contribution in [2.45, 2.75) is 32.2 Å². The third-order valence-electron chi connectivity index (χ3n) is 3.18. The number of benzene rings is 1. The minimum atomic E-state index is 0.343. The minimum absolute atomic E-state index is 0.343. The first-order valence-corrected chi connectivity index (χ1v) is 6.61. The highest BCUT2D eigenvalue weighted by Crippen LogP contribution is 2.32. The summed E-state index contributed by atoms with van der Waals surface area (Å²) in [4.78, 5) is 0. The molecule has 1 aromatic rings. The molecule has 18 heavy (non-hydrogen) atoms. The first-order valence-electron chi connectivity index (χ1n) is 6.61. The molecule has 1 aromatic carbocycles. The van der Waals surface area contributed by atoms with Gasteiger partial charge in [-0.3, -0.25) is 0 Å². The molecule has 0 amide bonds. The van der Waals surface area contributed by atoms with Crippen LogP contribution in [0.25, 0.3) is 0 Å². The van der Waals surface area contributed by atoms with Crippen molar-refractivity contribution in [3.05, 3.63) is 23.8 Å². The van der Waals surface area contributed by atoms with Crippen molar-refractivity contribution >= 4 is 0 Å². The van der Waals surface area contributed by atoms with E-state index in [9.17, 15) is 0 Å². The second kappa shape index (κ2) is 6.61. The van der Waals surface area contributed by atoms with Crippen LogP contribution in [0.5, 0.6) is 11.5 Å². The molecule has 0 aromatic heterocycles. The Morgan fingerprint density at radius 3 is 3.00 bits per heavy atom. The van der Waals surface area contributed by atoms with Gasteiger partial charge in [-0.2, -0.15) is 0 Å². The Balaban J connectivity index is 1.76. The summed E-state index contributed by atoms with van der Waals surface area (Å²) in [5, 5.41) is 3.47. The van der Waals surface area contributed by atoms with E-state index in [0.717, 1.165) is 43.9 Å². The van der Waals surface area contributed by atoms with Crippen LogP contribution < -0.4 is 20.5 Å². The summed E-state index contributed by atoms with van der Waals surface area (Å²) in [5.74, 6) is 1.73. The molecular formula is C14H22N2O2. The molecule has 0 radical (unpaired) electrons. The maximum atomic E-state index is 5.47. The van der Waals surface area contributed by atoms with Crippen LogP contribution in [0.2, 0.25) is 0 Å². The molecule has 1 unspecified atom stereocenters. The minimum Gasteiger partial charge on any atom is -0.454 e. The number of fused-ring (bicyclic) bond motifs is 1. The van der Waals surface area contributed by atoms with Crippen LogP contribution in [0, 0.1) is 0 Å². The van der Waals surface area contributed by atoms with Gasteiger partial charge in [0.05, 0.1) is 0 Å². The topological polar surface area (TPSA) is 56.5 Å². The number of hydrogen-bond acceptors (Lipinski definition) is 4. The Kier molecular flexibility index (Phi) is 4.84. The van der Waals surface area contributed by atoms with E-state index >= 15 is 0 Å². The molecule has 3 N–H and O–H groups in total. The summed E-state index contributed by atoms with van der Waals surface area (Å²) in [6.07, 6.45) is 3.20. The van der Waals surface area contributed by atoms with Gasteiger partial charge in [-0.05, 0) is 57.0 Å². The van der Waals surface area contributed by atoms with Crippen molar-refractivity contribution in [1.82, 2.24) is 5.32 Å². The van der Waals surface area contributed by atoms with Crippen LogP contribution in [0.4, 0.5) is 0 Å². The van der Waals surface area contributed by atoms with Gasteiger partial charge in [0.1, 0.15) is 0 Å². The molecule has 1 aliphatic rings. The van der Waals surface area contributed by atoms with E-state index in [2.05, 4.69) is 24.4 Å². The first kappa shape index (κ1) is 13.2. The third kappa shape index (κ3) is 3.62. The van der Waals surface area contributed by atoms with E-state index in [1.807, 2.05) is 6.07 Å². The highest BCUT2D eigenvalue weighted by Gasteiger charge is 2.13. The van der Waals surface area contributed by atoms with Gasteiger partial charge in [0.15, 0.2) is 11.5 Å². The smallest absolute Gasteiger partial charge is 0.231 e. The predicted molar refractivity (Wildman–Crippen MR) is 72.0 cm³/mol. The van der Waals surface area contributed by atoms with Gasteiger partial charge in [0.25, 0.3) is 0 Å². The van der Waals surface area contributed by atoms with Gasteiger partial charge in [0, 0.05) is 6.04 Å². The van der Waals surface area contributed by atoms with E-state index in [0.29, 0.717) is 12.8 Å². The SMILES string of the molecule is CC(CCc1ccc2c(c1)OCO2)NCCCN. The molecule has 1 heterocycles. The maximum Gasteiger partial charge on any atom is 0.231 e. The molecule has 0 saturated heterocycles. The zero-order valence-electron chi connectivity index (χ0n) is 10.9. The van der Waals surface area contributed by atoms with Crippen LogP contribution in [0.3, 0.4) is 0 Å². The number of aryl methyl sites for hydroxylation is 1. The molecule has 0 saturated carbocycles. The fraction of sp³-hybridized carbons (Fsp3) is 0.571. The Morgan fingerprint density at radius 2 is 2.17 bits per heavy atom. The van der Waals surface area contributed by atoms with Crippen molar-refractivity contribution in [2.24, 2.45) is 5.73 Å². The molecule has 0 fully saturated rings. The summed E-state index contributed by atoms with van der Waals surface area (Å²) in [6.45, 7) is 4.31. The summed E-state index contributed by atoms with van der Waals surface area (Å²) in [6, 6.07) is 6.70. The molecule has 0 bridgehead atoms. The number of ether oxygens (including phenoxy) is 2. The third-order valence-corrected chi connectivity index (χ3v) is 3.18. The van der Waals surface area contributed by atoms with Gasteiger partial charge < -0.3 is 20.5 Å². The summed E-state index contributed by atoms with van der Waals surface area (Å²) in [7, 11) is 0. The van der Waals surface area contributed by atoms with E-state index in [1.54, 1.807) is 0 Å². The second-order valence-electron chi connectivity index (χ2n) is 4.72. The quantitative estimate of drug-likeness (QED) is 0.723. The molecule has 1 aliphatic heterocycles. The Labute approximate surface area is 108 Å². The standard InChI is InChI=1S/C14H22N2O2/c1-11(16-8-2-7-15)3-4-12-5-6-13-14(9-12)18-10-17-13/h5-6,9,11,16H,2-4,7-8,10,15H2,1H3. The van der Waals surface area contributed by atoms with E-state index in [4.69, 9.17) is 15.2 Å². The van der Waals surface area contributed by atoms with Crippen LogP contribution >= 0.6 is 0 Å². The summed E-state index contributed by atoms with van der Waals surface area (Å²) in [5.41, 5.74) is 6.76.